The van der Waals surface area contributed by atoms with Crippen molar-refractivity contribution in [3.63, 3.8) is 0 Å². The highest BCUT2D eigenvalue weighted by Crippen LogP contribution is 2.36. The fraction of sp³-hybridized carbons (Fsp3) is 0.294. The maximum absolute atomic E-state index is 13.9. The number of aliphatic imine (C=N–C) groups is 1. The predicted molar refractivity (Wildman–Crippen MR) is 186 cm³/mol. The summed E-state index contributed by atoms with van der Waals surface area (Å²) in [6.07, 6.45) is 4.95. The fourth-order valence-corrected chi connectivity index (χ4v) is 5.26. The zero-order chi connectivity index (χ0) is 36.7. The lowest BCUT2D eigenvalue weighted by Crippen LogP contribution is -2.35. The molecule has 0 saturated carbocycles. The van der Waals surface area contributed by atoms with E-state index in [4.69, 9.17) is 41.1 Å². The third-order valence-electron chi connectivity index (χ3n) is 7.48. The van der Waals surface area contributed by atoms with Crippen LogP contribution in [-0.4, -0.2) is 84.4 Å². The fourth-order valence-electron chi connectivity index (χ4n) is 4.99. The van der Waals surface area contributed by atoms with E-state index in [0.717, 1.165) is 6.07 Å². The number of ether oxygens (including phenoxy) is 4. The van der Waals surface area contributed by atoms with E-state index >= 15 is 0 Å². The van der Waals surface area contributed by atoms with Gasteiger partial charge in [-0.05, 0) is 41.9 Å². The van der Waals surface area contributed by atoms with Crippen LogP contribution in [0.2, 0.25) is 5.02 Å². The summed E-state index contributed by atoms with van der Waals surface area (Å²) in [6.45, 7) is 2.15. The van der Waals surface area contributed by atoms with Crippen molar-refractivity contribution in [1.29, 1.82) is 0 Å². The Morgan fingerprint density at radius 2 is 1.81 bits per heavy atom. The van der Waals surface area contributed by atoms with E-state index in [1.54, 1.807) is 59.7 Å². The summed E-state index contributed by atoms with van der Waals surface area (Å²) in [5, 5.41) is 17.8. The second-order valence-electron chi connectivity index (χ2n) is 11.0. The number of hydrogen-bond acceptors (Lipinski definition) is 12. The molecule has 1 aliphatic rings. The van der Waals surface area contributed by atoms with Crippen LogP contribution in [0.15, 0.2) is 94.6 Å². The van der Waals surface area contributed by atoms with Crippen LogP contribution in [0.4, 0.5) is 10.1 Å². The molecule has 2 aromatic carbocycles. The number of aromatic nitrogens is 4. The van der Waals surface area contributed by atoms with Crippen molar-refractivity contribution in [2.75, 3.05) is 46.7 Å². The number of amides is 1. The third-order valence-corrected chi connectivity index (χ3v) is 7.81. The Labute approximate surface area is 302 Å². The van der Waals surface area contributed by atoms with E-state index in [9.17, 15) is 14.0 Å². The topological polar surface area (TPSA) is 200 Å². The Hall–Kier alpha value is -5.71. The van der Waals surface area contributed by atoms with Gasteiger partial charge in [-0.25, -0.2) is 13.9 Å². The first-order chi connectivity index (χ1) is 25.4. The number of azide groups is 1. The number of carbonyl (C=O) groups is 2. The summed E-state index contributed by atoms with van der Waals surface area (Å²) in [5.74, 6) is -0.992. The van der Waals surface area contributed by atoms with Crippen molar-refractivity contribution in [3.8, 4) is 0 Å². The molecule has 2 aromatic heterocycles. The smallest absolute Gasteiger partial charge is 0.338 e. The van der Waals surface area contributed by atoms with Gasteiger partial charge in [-0.15, -0.1) is 5.10 Å². The van der Waals surface area contributed by atoms with Gasteiger partial charge >= 0.3 is 5.97 Å². The minimum Gasteiger partial charge on any atom is -0.466 e. The largest absolute Gasteiger partial charge is 0.466 e. The maximum atomic E-state index is 13.9. The molecule has 18 heteroatoms. The van der Waals surface area contributed by atoms with Gasteiger partial charge in [0.2, 0.25) is 0 Å². The number of amidine groups is 1. The number of benzene rings is 2. The number of hydrogen-bond donors (Lipinski definition) is 2. The molecule has 3 heterocycles. The van der Waals surface area contributed by atoms with Gasteiger partial charge < -0.3 is 29.6 Å². The second kappa shape index (κ2) is 19.1. The normalized spacial score (nSPS) is 13.9. The molecule has 0 fully saturated rings. The van der Waals surface area contributed by atoms with Crippen LogP contribution in [-0.2, 0) is 36.9 Å². The molecule has 16 nitrogen and oxygen atoms in total. The van der Waals surface area contributed by atoms with Crippen LogP contribution in [0.3, 0.4) is 0 Å². The predicted octanol–water partition coefficient (Wildman–Crippen LogP) is 4.61. The quantitative estimate of drug-likeness (QED) is 0.0479. The van der Waals surface area contributed by atoms with Gasteiger partial charge in [-0.3, -0.25) is 14.8 Å². The highest BCUT2D eigenvalue weighted by molar-refractivity contribution is 6.31. The summed E-state index contributed by atoms with van der Waals surface area (Å²) >= 11 is 6.42. The summed E-state index contributed by atoms with van der Waals surface area (Å²) in [4.78, 5) is 36.8. The average molecular weight is 733 g/mol. The van der Waals surface area contributed by atoms with Gasteiger partial charge in [0, 0.05) is 51.3 Å². The van der Waals surface area contributed by atoms with E-state index in [1.165, 1.54) is 19.2 Å². The molecule has 5 rings (SSSR count). The first-order valence-corrected chi connectivity index (χ1v) is 16.3. The molecule has 1 unspecified atom stereocenters. The average Bonchev–Trinajstić information content (AvgIpc) is 3.61. The Bertz CT molecular complexity index is 1950. The Morgan fingerprint density at radius 1 is 1.04 bits per heavy atom. The lowest BCUT2D eigenvalue weighted by Gasteiger charge is -2.28. The number of methoxy groups -OCH3 is 1. The number of rotatable bonds is 18. The zero-order valence-electron chi connectivity index (χ0n) is 27.9. The van der Waals surface area contributed by atoms with Gasteiger partial charge in [-0.2, -0.15) is 0 Å². The number of pyridine rings is 1. The van der Waals surface area contributed by atoms with Gasteiger partial charge in [0.1, 0.15) is 23.4 Å². The number of nitrogens with zero attached hydrogens (tertiary/aromatic N) is 8. The van der Waals surface area contributed by atoms with Gasteiger partial charge in [0.25, 0.3) is 5.91 Å². The lowest BCUT2D eigenvalue weighted by molar-refractivity contribution is -0.136. The van der Waals surface area contributed by atoms with E-state index < -0.39 is 17.8 Å². The van der Waals surface area contributed by atoms with Crippen molar-refractivity contribution >= 4 is 35.0 Å². The van der Waals surface area contributed by atoms with Crippen LogP contribution in [0.1, 0.15) is 33.2 Å². The van der Waals surface area contributed by atoms with Crippen LogP contribution in [0.25, 0.3) is 10.4 Å². The van der Waals surface area contributed by atoms with Crippen LogP contribution in [0, 0.1) is 5.82 Å². The molecule has 0 radical (unpaired) electrons. The van der Waals surface area contributed by atoms with E-state index in [-0.39, 0.29) is 29.7 Å². The highest BCUT2D eigenvalue weighted by atomic mass is 35.5. The molecule has 0 aliphatic carbocycles. The SMILES string of the molecule is COC(=O)C1=C(COCc2cn(CCOCCOCCNC(=O)c3ccc(N=[N+]=[N-])cc3)nn2)NC(c2ccncc2)=NC1c1ccc(F)cc1Cl. The molecule has 0 spiro atoms. The van der Waals surface area contributed by atoms with Crippen molar-refractivity contribution in [3.05, 3.63) is 128 Å². The zero-order valence-corrected chi connectivity index (χ0v) is 28.7. The summed E-state index contributed by atoms with van der Waals surface area (Å²) in [5.41, 5.74) is 11.6. The van der Waals surface area contributed by atoms with Gasteiger partial charge in [-0.1, -0.05) is 40.1 Å². The molecule has 270 valence electrons. The summed E-state index contributed by atoms with van der Waals surface area (Å²) in [7, 11) is 1.26. The lowest BCUT2D eigenvalue weighted by atomic mass is 9.95. The van der Waals surface area contributed by atoms with E-state index in [1.807, 2.05) is 0 Å². The minimum absolute atomic E-state index is 0.0462. The molecular weight excluding hydrogens is 699 g/mol. The first kappa shape index (κ1) is 37.5. The van der Waals surface area contributed by atoms with Crippen LogP contribution < -0.4 is 10.6 Å². The van der Waals surface area contributed by atoms with Crippen molar-refractivity contribution < 1.29 is 32.9 Å². The standard InChI is InChI=1S/C34H34ClFN10O6/c1-49-34(48)30-29(40-32(22-8-10-38-11-9-22)41-31(30)27-7-4-24(36)18-28(27)35)21-52-20-26-19-46(45-43-26)13-15-51-17-16-50-14-12-39-33(47)23-2-5-25(6-3-23)42-44-37/h2-11,18-19,31H,12-17,20-21H2,1H3,(H,39,47)(H,40,41). The van der Waals surface area contributed by atoms with Crippen LogP contribution in [0.5, 0.6) is 0 Å². The molecule has 0 saturated heterocycles. The molecule has 1 amide bonds. The Balaban J connectivity index is 1.07. The second-order valence-corrected chi connectivity index (χ2v) is 11.4. The summed E-state index contributed by atoms with van der Waals surface area (Å²) < 4.78 is 37.7. The molecule has 0 bridgehead atoms. The monoisotopic (exact) mass is 732 g/mol. The molecule has 1 atom stereocenters. The number of carbonyl (C=O) groups excluding carboxylic acids is 2. The Kier molecular flexibility index (Phi) is 13.8. The number of esters is 1. The van der Waals surface area contributed by atoms with Crippen molar-refractivity contribution in [2.24, 2.45) is 10.1 Å². The first-order valence-electron chi connectivity index (χ1n) is 15.9. The molecule has 2 N–H and O–H groups in total. The highest BCUT2D eigenvalue weighted by Gasteiger charge is 2.33. The van der Waals surface area contributed by atoms with E-state index in [0.29, 0.717) is 79.1 Å². The van der Waals surface area contributed by atoms with E-state index in [2.05, 4.69) is 36.0 Å². The maximum Gasteiger partial charge on any atom is 0.338 e. The molecule has 52 heavy (non-hydrogen) atoms. The Morgan fingerprint density at radius 3 is 2.54 bits per heavy atom. The van der Waals surface area contributed by atoms with Crippen molar-refractivity contribution in [1.82, 2.24) is 30.6 Å². The molecule has 1 aliphatic heterocycles. The summed E-state index contributed by atoms with van der Waals surface area (Å²) in [6, 6.07) is 12.8. The number of halogens is 2. The van der Waals surface area contributed by atoms with Crippen molar-refractivity contribution in [2.45, 2.75) is 19.2 Å². The third kappa shape index (κ3) is 10.4. The number of nitrogens with one attached hydrogen (secondary N) is 2. The molecular formula is C34H34ClFN10O6. The van der Waals surface area contributed by atoms with Gasteiger partial charge in [0.15, 0.2) is 0 Å². The molecule has 4 aromatic rings. The van der Waals surface area contributed by atoms with Gasteiger partial charge in [0.05, 0.1) is 70.8 Å². The minimum atomic E-state index is -0.905. The van der Waals surface area contributed by atoms with Crippen LogP contribution >= 0.6 is 11.6 Å².